The van der Waals surface area contributed by atoms with Crippen LogP contribution in [0, 0.1) is 6.92 Å². The van der Waals surface area contributed by atoms with Crippen LogP contribution in [0.2, 0.25) is 0 Å². The Morgan fingerprint density at radius 3 is 2.94 bits per heavy atom. The number of anilines is 1. The summed E-state index contributed by atoms with van der Waals surface area (Å²) in [7, 11) is 1.71. The van der Waals surface area contributed by atoms with Gasteiger partial charge in [0.25, 0.3) is 0 Å². The van der Waals surface area contributed by atoms with E-state index in [1.54, 1.807) is 13.1 Å². The van der Waals surface area contributed by atoms with Crippen LogP contribution < -0.4 is 10.5 Å². The van der Waals surface area contributed by atoms with Gasteiger partial charge < -0.3 is 10.5 Å². The van der Waals surface area contributed by atoms with Gasteiger partial charge in [-0.2, -0.15) is 4.80 Å². The molecule has 0 atom stereocenters. The quantitative estimate of drug-likeness (QED) is 0.768. The normalized spacial score (nSPS) is 10.4. The first-order valence-corrected chi connectivity index (χ1v) is 4.87. The van der Waals surface area contributed by atoms with Gasteiger partial charge in [-0.15, -0.1) is 10.2 Å². The summed E-state index contributed by atoms with van der Waals surface area (Å²) >= 11 is 0. The van der Waals surface area contributed by atoms with E-state index in [2.05, 4.69) is 15.4 Å². The Hall–Kier alpha value is -2.11. The summed E-state index contributed by atoms with van der Waals surface area (Å²) in [6, 6.07) is 5.53. The maximum Gasteiger partial charge on any atom is 0.212 e. The molecule has 2 N–H and O–H groups in total. The molecule has 0 aliphatic heterocycles. The van der Waals surface area contributed by atoms with E-state index in [0.717, 1.165) is 11.3 Å². The zero-order chi connectivity index (χ0) is 11.5. The van der Waals surface area contributed by atoms with E-state index in [-0.39, 0.29) is 6.61 Å². The molecule has 2 aromatic rings. The van der Waals surface area contributed by atoms with Gasteiger partial charge in [-0.3, -0.25) is 0 Å². The standard InChI is InChI=1S/C10H13N5O/c1-7-3-4-8(11)5-9(7)16-6-10-12-14-15(2)13-10/h3-5H,6,11H2,1-2H3. The summed E-state index contributed by atoms with van der Waals surface area (Å²) in [5.41, 5.74) is 7.37. The average Bonchev–Trinajstić information content (AvgIpc) is 2.66. The van der Waals surface area contributed by atoms with Crippen LogP contribution in [0.5, 0.6) is 5.75 Å². The fourth-order valence-corrected chi connectivity index (χ4v) is 1.30. The third-order valence-corrected chi connectivity index (χ3v) is 2.12. The molecule has 2 rings (SSSR count). The van der Waals surface area contributed by atoms with Crippen molar-refractivity contribution in [3.05, 3.63) is 29.6 Å². The van der Waals surface area contributed by atoms with Crippen LogP contribution >= 0.6 is 0 Å². The molecule has 0 bridgehead atoms. The van der Waals surface area contributed by atoms with Gasteiger partial charge in [-0.1, -0.05) is 6.07 Å². The molecule has 0 fully saturated rings. The lowest BCUT2D eigenvalue weighted by Crippen LogP contribution is -2.00. The maximum atomic E-state index is 5.67. The zero-order valence-electron chi connectivity index (χ0n) is 9.21. The highest BCUT2D eigenvalue weighted by Crippen LogP contribution is 2.21. The van der Waals surface area contributed by atoms with E-state index in [1.807, 2.05) is 19.1 Å². The number of benzene rings is 1. The van der Waals surface area contributed by atoms with Crippen LogP contribution in [-0.4, -0.2) is 20.2 Å². The second kappa shape index (κ2) is 4.18. The number of hydrogen-bond acceptors (Lipinski definition) is 5. The van der Waals surface area contributed by atoms with E-state index in [0.29, 0.717) is 11.5 Å². The van der Waals surface area contributed by atoms with E-state index >= 15 is 0 Å². The number of ether oxygens (including phenoxy) is 1. The van der Waals surface area contributed by atoms with Crippen LogP contribution in [-0.2, 0) is 13.7 Å². The van der Waals surface area contributed by atoms with Gasteiger partial charge in [0.05, 0.1) is 7.05 Å². The van der Waals surface area contributed by atoms with Crippen molar-refractivity contribution in [1.82, 2.24) is 20.2 Å². The number of tetrazole rings is 1. The third-order valence-electron chi connectivity index (χ3n) is 2.12. The number of nitrogen functional groups attached to an aromatic ring is 1. The summed E-state index contributed by atoms with van der Waals surface area (Å²) in [6.45, 7) is 2.25. The largest absolute Gasteiger partial charge is 0.485 e. The Morgan fingerprint density at radius 2 is 2.25 bits per heavy atom. The number of hydrogen-bond donors (Lipinski definition) is 1. The summed E-state index contributed by atoms with van der Waals surface area (Å²) in [6.07, 6.45) is 0. The monoisotopic (exact) mass is 219 g/mol. The fourth-order valence-electron chi connectivity index (χ4n) is 1.30. The third kappa shape index (κ3) is 2.28. The van der Waals surface area contributed by atoms with Gasteiger partial charge in [0.15, 0.2) is 6.61 Å². The van der Waals surface area contributed by atoms with Gasteiger partial charge >= 0.3 is 0 Å². The van der Waals surface area contributed by atoms with Crippen molar-refractivity contribution in [1.29, 1.82) is 0 Å². The van der Waals surface area contributed by atoms with Crippen LogP contribution in [0.3, 0.4) is 0 Å². The molecule has 6 nitrogen and oxygen atoms in total. The van der Waals surface area contributed by atoms with Gasteiger partial charge in [0, 0.05) is 11.8 Å². The lowest BCUT2D eigenvalue weighted by Gasteiger charge is -2.07. The molecule has 0 amide bonds. The number of rotatable bonds is 3. The summed E-state index contributed by atoms with van der Waals surface area (Å²) in [5.74, 6) is 1.29. The number of aromatic nitrogens is 4. The van der Waals surface area contributed by atoms with Crippen molar-refractivity contribution >= 4 is 5.69 Å². The summed E-state index contributed by atoms with van der Waals surface area (Å²) in [5, 5.41) is 11.6. The van der Waals surface area contributed by atoms with Gasteiger partial charge in [0.1, 0.15) is 5.75 Å². The molecule has 0 saturated heterocycles. The van der Waals surface area contributed by atoms with Crippen LogP contribution in [0.1, 0.15) is 11.4 Å². The molecular formula is C10H13N5O. The van der Waals surface area contributed by atoms with Crippen LogP contribution in [0.4, 0.5) is 5.69 Å². The van der Waals surface area contributed by atoms with E-state index < -0.39 is 0 Å². The summed E-state index contributed by atoms with van der Waals surface area (Å²) in [4.78, 5) is 1.39. The van der Waals surface area contributed by atoms with Gasteiger partial charge in [-0.25, -0.2) is 0 Å². The number of nitrogens with zero attached hydrogens (tertiary/aromatic N) is 4. The fraction of sp³-hybridized carbons (Fsp3) is 0.300. The Morgan fingerprint density at radius 1 is 1.44 bits per heavy atom. The molecule has 0 radical (unpaired) electrons. The highest BCUT2D eigenvalue weighted by atomic mass is 16.5. The molecule has 1 aromatic carbocycles. The van der Waals surface area contributed by atoms with Crippen molar-refractivity contribution < 1.29 is 4.74 Å². The van der Waals surface area contributed by atoms with Gasteiger partial charge in [-0.05, 0) is 23.8 Å². The maximum absolute atomic E-state index is 5.67. The Kier molecular flexibility index (Phi) is 2.72. The summed E-state index contributed by atoms with van der Waals surface area (Å²) < 4.78 is 5.56. The topological polar surface area (TPSA) is 78.9 Å². The molecule has 0 saturated carbocycles. The van der Waals surface area contributed by atoms with E-state index in [1.165, 1.54) is 4.80 Å². The lowest BCUT2D eigenvalue weighted by atomic mass is 10.2. The molecule has 0 spiro atoms. The van der Waals surface area contributed by atoms with Crippen LogP contribution in [0.15, 0.2) is 18.2 Å². The van der Waals surface area contributed by atoms with Crippen molar-refractivity contribution in [3.63, 3.8) is 0 Å². The first-order chi connectivity index (χ1) is 7.65. The zero-order valence-corrected chi connectivity index (χ0v) is 9.21. The predicted molar refractivity (Wildman–Crippen MR) is 58.7 cm³/mol. The molecule has 0 unspecified atom stereocenters. The van der Waals surface area contributed by atoms with Crippen molar-refractivity contribution in [2.75, 3.05) is 5.73 Å². The predicted octanol–water partition coefficient (Wildman–Crippen LogP) is 0.680. The Bertz CT molecular complexity index is 494. The van der Waals surface area contributed by atoms with Crippen LogP contribution in [0.25, 0.3) is 0 Å². The number of nitrogens with two attached hydrogens (primary N) is 1. The van der Waals surface area contributed by atoms with Crippen molar-refractivity contribution in [2.45, 2.75) is 13.5 Å². The smallest absolute Gasteiger partial charge is 0.212 e. The van der Waals surface area contributed by atoms with E-state index in [4.69, 9.17) is 10.5 Å². The second-order valence-electron chi connectivity index (χ2n) is 3.51. The second-order valence-corrected chi connectivity index (χ2v) is 3.51. The minimum Gasteiger partial charge on any atom is -0.485 e. The highest BCUT2D eigenvalue weighted by Gasteiger charge is 2.04. The van der Waals surface area contributed by atoms with Crippen molar-refractivity contribution in [2.24, 2.45) is 7.05 Å². The molecule has 1 aromatic heterocycles. The molecule has 0 aliphatic carbocycles. The minimum absolute atomic E-state index is 0.290. The molecule has 0 aliphatic rings. The highest BCUT2D eigenvalue weighted by molar-refractivity contribution is 5.47. The van der Waals surface area contributed by atoms with E-state index in [9.17, 15) is 0 Å². The Balaban J connectivity index is 2.07. The molecule has 6 heteroatoms. The van der Waals surface area contributed by atoms with Gasteiger partial charge in [0.2, 0.25) is 5.82 Å². The molecule has 16 heavy (non-hydrogen) atoms. The molecule has 1 heterocycles. The Labute approximate surface area is 93.0 Å². The molecule has 84 valence electrons. The van der Waals surface area contributed by atoms with Crippen molar-refractivity contribution in [3.8, 4) is 5.75 Å². The molecular weight excluding hydrogens is 206 g/mol. The SMILES string of the molecule is Cc1ccc(N)cc1OCc1nnn(C)n1. The lowest BCUT2D eigenvalue weighted by molar-refractivity contribution is 0.293. The number of aryl methyl sites for hydroxylation is 2. The first kappa shape index (κ1) is 10.4. The first-order valence-electron chi connectivity index (χ1n) is 4.87. The average molecular weight is 219 g/mol. The minimum atomic E-state index is 0.290.